The van der Waals surface area contributed by atoms with Crippen molar-refractivity contribution in [2.75, 3.05) is 13.1 Å². The van der Waals surface area contributed by atoms with Gasteiger partial charge in [0.1, 0.15) is 5.82 Å². The van der Waals surface area contributed by atoms with E-state index in [0.717, 1.165) is 35.2 Å². The van der Waals surface area contributed by atoms with Gasteiger partial charge in [-0.25, -0.2) is 14.4 Å². The lowest BCUT2D eigenvalue weighted by atomic mass is 9.89. The maximum Gasteiger partial charge on any atom is 0.246 e. The molecule has 0 unspecified atom stereocenters. The van der Waals surface area contributed by atoms with Crippen LogP contribution < -0.4 is 0 Å². The van der Waals surface area contributed by atoms with Crippen LogP contribution in [0.4, 0.5) is 4.39 Å². The van der Waals surface area contributed by atoms with Crippen molar-refractivity contribution in [2.24, 2.45) is 0 Å². The summed E-state index contributed by atoms with van der Waals surface area (Å²) in [6.07, 6.45) is 10.1. The minimum Gasteiger partial charge on any atom is -0.338 e. The van der Waals surface area contributed by atoms with Gasteiger partial charge in [-0.05, 0) is 42.7 Å². The van der Waals surface area contributed by atoms with Gasteiger partial charge in [0.15, 0.2) is 5.82 Å². The molecule has 0 saturated carbocycles. The number of hydrogen-bond acceptors (Lipinski definition) is 4. The number of pyridine rings is 1. The summed E-state index contributed by atoms with van der Waals surface area (Å²) < 4.78 is 14.0. The molecule has 1 atom stereocenters. The van der Waals surface area contributed by atoms with Gasteiger partial charge in [-0.2, -0.15) is 0 Å². The first kappa shape index (κ1) is 22.6. The zero-order valence-corrected chi connectivity index (χ0v) is 19.2. The smallest absolute Gasteiger partial charge is 0.246 e. The average Bonchev–Trinajstić information content (AvgIpc) is 2.93. The number of nitrogens with zero attached hydrogens (tertiary/aromatic N) is 4. The van der Waals surface area contributed by atoms with E-state index < -0.39 is 0 Å². The largest absolute Gasteiger partial charge is 0.338 e. The highest BCUT2D eigenvalue weighted by molar-refractivity contribution is 5.92. The number of carbonyl (C=O) groups is 1. The number of aromatic nitrogens is 3. The molecule has 1 amide bonds. The number of carbonyl (C=O) groups excluding carboxylic acids is 1. The first-order valence-corrected chi connectivity index (χ1v) is 11.7. The first-order valence-electron chi connectivity index (χ1n) is 11.7. The van der Waals surface area contributed by atoms with Crippen molar-refractivity contribution in [3.8, 4) is 22.5 Å². The third kappa shape index (κ3) is 5.17. The molecule has 0 N–H and O–H groups in total. The Morgan fingerprint density at radius 3 is 2.54 bits per heavy atom. The third-order valence-corrected chi connectivity index (χ3v) is 6.27. The van der Waals surface area contributed by atoms with Gasteiger partial charge >= 0.3 is 0 Å². The highest BCUT2D eigenvalue weighted by atomic mass is 19.1. The lowest BCUT2D eigenvalue weighted by Gasteiger charge is -2.32. The molecule has 2 aromatic carbocycles. The summed E-state index contributed by atoms with van der Waals surface area (Å²) >= 11 is 0. The Kier molecular flexibility index (Phi) is 6.70. The Bertz CT molecular complexity index is 1340. The van der Waals surface area contributed by atoms with E-state index in [1.165, 1.54) is 12.1 Å². The highest BCUT2D eigenvalue weighted by Crippen LogP contribution is 2.34. The quantitative estimate of drug-likeness (QED) is 0.352. The van der Waals surface area contributed by atoms with Crippen LogP contribution in [0.3, 0.4) is 0 Å². The van der Waals surface area contributed by atoms with E-state index in [1.807, 2.05) is 41.4 Å². The number of piperidine rings is 1. The highest BCUT2D eigenvalue weighted by Gasteiger charge is 2.27. The lowest BCUT2D eigenvalue weighted by molar-refractivity contribution is -0.127. The molecule has 0 radical (unpaired) electrons. The van der Waals surface area contributed by atoms with Gasteiger partial charge < -0.3 is 4.90 Å². The third-order valence-electron chi connectivity index (χ3n) is 6.27. The first-order chi connectivity index (χ1) is 17.2. The fourth-order valence-electron chi connectivity index (χ4n) is 4.46. The summed E-state index contributed by atoms with van der Waals surface area (Å²) in [4.78, 5) is 28.5. The van der Waals surface area contributed by atoms with Crippen LogP contribution in [0.25, 0.3) is 28.6 Å². The number of likely N-dealkylation sites (tertiary alicyclic amines) is 1. The number of halogens is 1. The standard InChI is InChI=1S/C29H25FN4O/c30-26-11-5-4-9-22(26)12-13-27(35)34-18-6-10-24(20-34)28-25(21-7-2-1-3-8-21)19-32-29(33-28)23-14-16-31-17-15-23/h1-5,7-9,11-17,19,24H,6,10,18,20H2/b13-12+/t24-/m1/s1. The van der Waals surface area contributed by atoms with Crippen LogP contribution in [-0.2, 0) is 4.79 Å². The van der Waals surface area contributed by atoms with Gasteiger partial charge in [0.25, 0.3) is 0 Å². The second-order valence-corrected chi connectivity index (χ2v) is 8.57. The molecule has 35 heavy (non-hydrogen) atoms. The molecule has 3 heterocycles. The van der Waals surface area contributed by atoms with Crippen molar-refractivity contribution in [2.45, 2.75) is 18.8 Å². The number of benzene rings is 2. The Balaban J connectivity index is 1.44. The Hall–Kier alpha value is -4.19. The Morgan fingerprint density at radius 1 is 0.971 bits per heavy atom. The maximum atomic E-state index is 14.0. The molecular weight excluding hydrogens is 439 g/mol. The van der Waals surface area contributed by atoms with Crippen LogP contribution >= 0.6 is 0 Å². The summed E-state index contributed by atoms with van der Waals surface area (Å²) in [7, 11) is 0. The second-order valence-electron chi connectivity index (χ2n) is 8.57. The maximum absolute atomic E-state index is 14.0. The van der Waals surface area contributed by atoms with Crippen LogP contribution in [0.2, 0.25) is 0 Å². The molecule has 1 aliphatic rings. The summed E-state index contributed by atoms with van der Waals surface area (Å²) in [6, 6.07) is 20.3. The van der Waals surface area contributed by atoms with E-state index in [-0.39, 0.29) is 17.6 Å². The number of rotatable bonds is 5. The Labute approximate surface area is 204 Å². The van der Waals surface area contributed by atoms with Crippen molar-refractivity contribution < 1.29 is 9.18 Å². The summed E-state index contributed by atoms with van der Waals surface area (Å²) in [6.45, 7) is 1.22. The van der Waals surface area contributed by atoms with Gasteiger partial charge in [0.05, 0.1) is 5.69 Å². The SMILES string of the molecule is O=C(/C=C/c1ccccc1F)N1CCC[C@@H](c2nc(-c3ccncc3)ncc2-c2ccccc2)C1. The van der Waals surface area contributed by atoms with Gasteiger partial charge in [-0.3, -0.25) is 9.78 Å². The topological polar surface area (TPSA) is 59.0 Å². The average molecular weight is 465 g/mol. The van der Waals surface area contributed by atoms with Crippen LogP contribution in [0.1, 0.15) is 30.0 Å². The zero-order valence-electron chi connectivity index (χ0n) is 19.2. The lowest BCUT2D eigenvalue weighted by Crippen LogP contribution is -2.38. The van der Waals surface area contributed by atoms with Crippen LogP contribution in [0, 0.1) is 5.82 Å². The van der Waals surface area contributed by atoms with E-state index in [1.54, 1.807) is 36.7 Å². The molecule has 0 aliphatic carbocycles. The minimum atomic E-state index is -0.342. The molecule has 5 nitrogen and oxygen atoms in total. The van der Waals surface area contributed by atoms with Crippen molar-refractivity contribution in [1.82, 2.24) is 19.9 Å². The molecule has 5 rings (SSSR count). The molecule has 1 fully saturated rings. The van der Waals surface area contributed by atoms with E-state index in [4.69, 9.17) is 4.98 Å². The Morgan fingerprint density at radius 2 is 1.74 bits per heavy atom. The van der Waals surface area contributed by atoms with Gasteiger partial charge in [-0.1, -0.05) is 48.5 Å². The monoisotopic (exact) mass is 464 g/mol. The van der Waals surface area contributed by atoms with E-state index >= 15 is 0 Å². The molecule has 2 aromatic heterocycles. The molecule has 0 bridgehead atoms. The zero-order chi connectivity index (χ0) is 24.0. The van der Waals surface area contributed by atoms with Crippen LogP contribution in [0.5, 0.6) is 0 Å². The molecule has 0 spiro atoms. The molecule has 174 valence electrons. The predicted octanol–water partition coefficient (Wildman–Crippen LogP) is 5.76. The molecule has 1 aliphatic heterocycles. The van der Waals surface area contributed by atoms with E-state index in [2.05, 4.69) is 22.1 Å². The fraction of sp³-hybridized carbons (Fsp3) is 0.172. The van der Waals surface area contributed by atoms with Crippen molar-refractivity contribution in [3.05, 3.63) is 108 Å². The van der Waals surface area contributed by atoms with Crippen LogP contribution in [-0.4, -0.2) is 38.8 Å². The normalized spacial score (nSPS) is 15.9. The van der Waals surface area contributed by atoms with Crippen molar-refractivity contribution >= 4 is 12.0 Å². The number of hydrogen-bond donors (Lipinski definition) is 0. The van der Waals surface area contributed by atoms with Gasteiger partial charge in [-0.15, -0.1) is 0 Å². The van der Waals surface area contributed by atoms with Gasteiger partial charge in [0.2, 0.25) is 5.91 Å². The minimum absolute atomic E-state index is 0.0633. The molecular formula is C29H25FN4O. The van der Waals surface area contributed by atoms with Crippen molar-refractivity contribution in [1.29, 1.82) is 0 Å². The summed E-state index contributed by atoms with van der Waals surface area (Å²) in [5, 5.41) is 0. The van der Waals surface area contributed by atoms with E-state index in [0.29, 0.717) is 24.5 Å². The summed E-state index contributed by atoms with van der Waals surface area (Å²) in [5.74, 6) is 0.242. The van der Waals surface area contributed by atoms with E-state index in [9.17, 15) is 9.18 Å². The second kappa shape index (κ2) is 10.4. The fourth-order valence-corrected chi connectivity index (χ4v) is 4.46. The van der Waals surface area contributed by atoms with Crippen LogP contribution in [0.15, 0.2) is 91.4 Å². The predicted molar refractivity (Wildman–Crippen MR) is 135 cm³/mol. The number of amides is 1. The molecule has 1 saturated heterocycles. The molecule has 4 aromatic rings. The van der Waals surface area contributed by atoms with Crippen molar-refractivity contribution in [3.63, 3.8) is 0 Å². The van der Waals surface area contributed by atoms with Gasteiger partial charge in [0, 0.05) is 60.4 Å². The molecule has 6 heteroatoms. The summed E-state index contributed by atoms with van der Waals surface area (Å²) in [5.41, 5.74) is 4.26.